The van der Waals surface area contributed by atoms with Gasteiger partial charge in [-0.25, -0.2) is 0 Å². The number of unbranched alkanes of at least 4 members (excludes halogenated alkanes) is 1. The van der Waals surface area contributed by atoms with Gasteiger partial charge in [0.1, 0.15) is 0 Å². The Morgan fingerprint density at radius 3 is 2.95 bits per heavy atom. The summed E-state index contributed by atoms with van der Waals surface area (Å²) in [6.07, 6.45) is 3.15. The largest absolute Gasteiger partial charge is 0.348 e. The fraction of sp³-hybridized carbons (Fsp3) is 0.400. The molecular formula is C15H20N2OS. The number of carbonyl (C=O) groups is 1. The Bertz CT molecular complexity index is 550. The van der Waals surface area contributed by atoms with Crippen LogP contribution < -0.4 is 11.1 Å². The van der Waals surface area contributed by atoms with Crippen molar-refractivity contribution >= 4 is 27.3 Å². The molecule has 1 unspecified atom stereocenters. The molecule has 1 aromatic heterocycles. The van der Waals surface area contributed by atoms with E-state index < -0.39 is 0 Å². The molecule has 3 nitrogen and oxygen atoms in total. The molecule has 1 amide bonds. The maximum Gasteiger partial charge on any atom is 0.253 e. The zero-order chi connectivity index (χ0) is 13.7. The van der Waals surface area contributed by atoms with E-state index in [9.17, 15) is 4.79 Å². The number of benzene rings is 1. The lowest BCUT2D eigenvalue weighted by atomic mass is 10.1. The summed E-state index contributed by atoms with van der Waals surface area (Å²) >= 11 is 1.60. The first-order valence-electron chi connectivity index (χ1n) is 6.73. The third-order valence-corrected chi connectivity index (χ3v) is 4.21. The van der Waals surface area contributed by atoms with Gasteiger partial charge in [-0.2, -0.15) is 0 Å². The Morgan fingerprint density at radius 1 is 1.42 bits per heavy atom. The molecule has 3 N–H and O–H groups in total. The Labute approximate surface area is 117 Å². The van der Waals surface area contributed by atoms with Crippen LogP contribution in [-0.2, 0) is 0 Å². The highest BCUT2D eigenvalue weighted by atomic mass is 32.1. The molecule has 1 atom stereocenters. The third kappa shape index (κ3) is 3.33. The summed E-state index contributed by atoms with van der Waals surface area (Å²) in [5.74, 6) is -0.0102. The molecule has 19 heavy (non-hydrogen) atoms. The van der Waals surface area contributed by atoms with Crippen LogP contribution in [0.1, 0.15) is 36.5 Å². The lowest BCUT2D eigenvalue weighted by molar-refractivity contribution is 0.0938. The van der Waals surface area contributed by atoms with E-state index in [0.717, 1.165) is 34.9 Å². The number of rotatable bonds is 6. The molecule has 0 spiro atoms. The maximum atomic E-state index is 12.3. The first-order valence-corrected chi connectivity index (χ1v) is 7.61. The number of nitrogens with one attached hydrogen (secondary N) is 1. The summed E-state index contributed by atoms with van der Waals surface area (Å²) in [6.45, 7) is 2.63. The van der Waals surface area contributed by atoms with Crippen LogP contribution in [0.2, 0.25) is 0 Å². The van der Waals surface area contributed by atoms with Crippen LogP contribution in [0.15, 0.2) is 29.6 Å². The topological polar surface area (TPSA) is 55.1 Å². The van der Waals surface area contributed by atoms with Crippen LogP contribution in [0.3, 0.4) is 0 Å². The van der Waals surface area contributed by atoms with E-state index in [-0.39, 0.29) is 11.9 Å². The molecule has 2 rings (SSSR count). The lowest BCUT2D eigenvalue weighted by Gasteiger charge is -2.16. The van der Waals surface area contributed by atoms with Crippen LogP contribution in [-0.4, -0.2) is 18.5 Å². The highest BCUT2D eigenvalue weighted by Crippen LogP contribution is 2.25. The van der Waals surface area contributed by atoms with Crippen LogP contribution in [0, 0.1) is 0 Å². The molecule has 1 aromatic carbocycles. The summed E-state index contributed by atoms with van der Waals surface area (Å²) in [6, 6.07) is 8.05. The highest BCUT2D eigenvalue weighted by Gasteiger charge is 2.15. The van der Waals surface area contributed by atoms with Gasteiger partial charge in [-0.15, -0.1) is 11.3 Å². The molecule has 0 radical (unpaired) electrons. The quantitative estimate of drug-likeness (QED) is 0.851. The third-order valence-electron chi connectivity index (χ3n) is 3.25. The zero-order valence-electron chi connectivity index (χ0n) is 11.2. The SMILES string of the molecule is CCCCC(CN)NC(=O)c1csc2ccccc12. The minimum Gasteiger partial charge on any atom is -0.348 e. The molecule has 2 aromatic rings. The first kappa shape index (κ1) is 14.0. The Kier molecular flexibility index (Phi) is 4.93. The van der Waals surface area contributed by atoms with Crippen molar-refractivity contribution in [3.63, 3.8) is 0 Å². The molecule has 1 heterocycles. The first-order chi connectivity index (χ1) is 9.26. The van der Waals surface area contributed by atoms with E-state index in [1.807, 2.05) is 29.6 Å². The second-order valence-corrected chi connectivity index (χ2v) is 5.61. The maximum absolute atomic E-state index is 12.3. The van der Waals surface area contributed by atoms with Crippen LogP contribution >= 0.6 is 11.3 Å². The van der Waals surface area contributed by atoms with Gasteiger partial charge in [0.05, 0.1) is 5.56 Å². The van der Waals surface area contributed by atoms with Crippen molar-refractivity contribution in [3.8, 4) is 0 Å². The number of thiophene rings is 1. The average Bonchev–Trinajstić information content (AvgIpc) is 2.87. The number of hydrogen-bond acceptors (Lipinski definition) is 3. The molecule has 0 bridgehead atoms. The van der Waals surface area contributed by atoms with Crippen molar-refractivity contribution in [1.82, 2.24) is 5.32 Å². The van der Waals surface area contributed by atoms with Gasteiger partial charge in [-0.3, -0.25) is 4.79 Å². The number of carbonyl (C=O) groups excluding carboxylic acids is 1. The van der Waals surface area contributed by atoms with E-state index in [0.29, 0.717) is 6.54 Å². The predicted octanol–water partition coefficient (Wildman–Crippen LogP) is 3.15. The van der Waals surface area contributed by atoms with Crippen molar-refractivity contribution < 1.29 is 4.79 Å². The van der Waals surface area contributed by atoms with Crippen molar-refractivity contribution in [1.29, 1.82) is 0 Å². The molecular weight excluding hydrogens is 256 g/mol. The number of amides is 1. The number of hydrogen-bond donors (Lipinski definition) is 2. The molecule has 0 saturated carbocycles. The standard InChI is InChI=1S/C15H20N2OS/c1-2-3-6-11(9-16)17-15(18)13-10-19-14-8-5-4-7-12(13)14/h4-5,7-8,10-11H,2-3,6,9,16H2,1H3,(H,17,18). The molecule has 4 heteroatoms. The van der Waals surface area contributed by atoms with Gasteiger partial charge >= 0.3 is 0 Å². The van der Waals surface area contributed by atoms with Crippen LogP contribution in [0.25, 0.3) is 10.1 Å². The fourth-order valence-electron chi connectivity index (χ4n) is 2.12. The monoisotopic (exact) mass is 276 g/mol. The Morgan fingerprint density at radius 2 is 2.21 bits per heavy atom. The van der Waals surface area contributed by atoms with E-state index in [2.05, 4.69) is 12.2 Å². The number of fused-ring (bicyclic) bond motifs is 1. The summed E-state index contributed by atoms with van der Waals surface area (Å²) in [4.78, 5) is 12.3. The van der Waals surface area contributed by atoms with Gasteiger partial charge in [0.15, 0.2) is 0 Å². The van der Waals surface area contributed by atoms with Gasteiger partial charge in [-0.05, 0) is 12.5 Å². The summed E-state index contributed by atoms with van der Waals surface area (Å²) in [7, 11) is 0. The van der Waals surface area contributed by atoms with E-state index in [1.54, 1.807) is 11.3 Å². The van der Waals surface area contributed by atoms with Gasteiger partial charge in [0.25, 0.3) is 5.91 Å². The Balaban J connectivity index is 2.10. The fourth-order valence-corrected chi connectivity index (χ4v) is 3.06. The lowest BCUT2D eigenvalue weighted by Crippen LogP contribution is -2.40. The van der Waals surface area contributed by atoms with Crippen molar-refractivity contribution in [2.75, 3.05) is 6.54 Å². The van der Waals surface area contributed by atoms with Gasteiger partial charge in [0, 0.05) is 28.1 Å². The normalized spacial score (nSPS) is 12.5. The van der Waals surface area contributed by atoms with Crippen LogP contribution in [0.4, 0.5) is 0 Å². The molecule has 0 aliphatic heterocycles. The number of nitrogens with two attached hydrogens (primary N) is 1. The smallest absolute Gasteiger partial charge is 0.253 e. The summed E-state index contributed by atoms with van der Waals surface area (Å²) in [5, 5.41) is 5.99. The van der Waals surface area contributed by atoms with Crippen molar-refractivity contribution in [3.05, 3.63) is 35.2 Å². The van der Waals surface area contributed by atoms with Crippen molar-refractivity contribution in [2.45, 2.75) is 32.2 Å². The second-order valence-electron chi connectivity index (χ2n) is 4.69. The van der Waals surface area contributed by atoms with E-state index in [1.165, 1.54) is 0 Å². The summed E-state index contributed by atoms with van der Waals surface area (Å²) < 4.78 is 1.14. The molecule has 0 fully saturated rings. The van der Waals surface area contributed by atoms with Crippen molar-refractivity contribution in [2.24, 2.45) is 5.73 Å². The van der Waals surface area contributed by atoms with Gasteiger partial charge in [-0.1, -0.05) is 38.0 Å². The predicted molar refractivity (Wildman–Crippen MR) is 81.7 cm³/mol. The molecule has 102 valence electrons. The minimum absolute atomic E-state index is 0.0102. The summed E-state index contributed by atoms with van der Waals surface area (Å²) in [5.41, 5.74) is 6.48. The molecule has 0 aliphatic carbocycles. The molecule has 0 aliphatic rings. The van der Waals surface area contributed by atoms with E-state index >= 15 is 0 Å². The zero-order valence-corrected chi connectivity index (χ0v) is 12.0. The Hall–Kier alpha value is -1.39. The van der Waals surface area contributed by atoms with E-state index in [4.69, 9.17) is 5.73 Å². The van der Waals surface area contributed by atoms with Crippen LogP contribution in [0.5, 0.6) is 0 Å². The molecule has 0 saturated heterocycles. The average molecular weight is 276 g/mol. The highest BCUT2D eigenvalue weighted by molar-refractivity contribution is 7.17. The minimum atomic E-state index is -0.0102. The van der Waals surface area contributed by atoms with Gasteiger partial charge < -0.3 is 11.1 Å². The second kappa shape index (κ2) is 6.68. The van der Waals surface area contributed by atoms with Gasteiger partial charge in [0.2, 0.25) is 0 Å².